The van der Waals surface area contributed by atoms with E-state index in [1.165, 1.54) is 14.0 Å². The summed E-state index contributed by atoms with van der Waals surface area (Å²) in [6.07, 6.45) is 0.500. The molecule has 15 heavy (non-hydrogen) atoms. The Kier molecular flexibility index (Phi) is 30.8. The molecule has 2 N–H and O–H groups in total. The van der Waals surface area contributed by atoms with Crippen molar-refractivity contribution in [2.24, 2.45) is 0 Å². The third-order valence-corrected chi connectivity index (χ3v) is 1.01. The van der Waals surface area contributed by atoms with Crippen LogP contribution < -0.4 is 0 Å². The van der Waals surface area contributed by atoms with Crippen molar-refractivity contribution in [3.05, 3.63) is 0 Å². The first-order chi connectivity index (χ1) is 7.10. The molecular weight excluding hydrogens is 200 g/mol. The summed E-state index contributed by atoms with van der Waals surface area (Å²) in [5.74, 6) is -0.245. The lowest BCUT2D eigenvalue weighted by atomic mass is 10.5. The smallest absolute Gasteiger partial charge is 0.302 e. The summed E-state index contributed by atoms with van der Waals surface area (Å²) in [6, 6.07) is 0. The Morgan fingerprint density at radius 2 is 1.47 bits per heavy atom. The van der Waals surface area contributed by atoms with Gasteiger partial charge in [-0.15, -0.1) is 0 Å². The van der Waals surface area contributed by atoms with Crippen LogP contribution in [0.3, 0.4) is 0 Å². The van der Waals surface area contributed by atoms with E-state index in [0.717, 1.165) is 13.2 Å². The van der Waals surface area contributed by atoms with E-state index < -0.39 is 0 Å². The van der Waals surface area contributed by atoms with Crippen molar-refractivity contribution >= 4 is 5.97 Å². The number of ether oxygens (including phenoxy) is 2. The molecule has 0 aliphatic heterocycles. The summed E-state index contributed by atoms with van der Waals surface area (Å²) in [4.78, 5) is 9.59. The van der Waals surface area contributed by atoms with Crippen LogP contribution in [0.4, 0.5) is 0 Å². The molecule has 0 bridgehead atoms. The first-order valence-corrected chi connectivity index (χ1v) is 4.94. The topological polar surface area (TPSA) is 76.0 Å². The molecular formula is C10H24O5. The van der Waals surface area contributed by atoms with Gasteiger partial charge in [0.2, 0.25) is 0 Å². The summed E-state index contributed by atoms with van der Waals surface area (Å²) < 4.78 is 8.94. The molecule has 5 heteroatoms. The van der Waals surface area contributed by atoms with Crippen LogP contribution in [-0.4, -0.2) is 49.7 Å². The maximum atomic E-state index is 9.59. The van der Waals surface area contributed by atoms with E-state index in [0.29, 0.717) is 6.42 Å². The largest absolute Gasteiger partial charge is 0.469 e. The molecule has 0 rings (SSSR count). The van der Waals surface area contributed by atoms with Gasteiger partial charge in [-0.25, -0.2) is 0 Å². The Labute approximate surface area is 92.0 Å². The summed E-state index contributed by atoms with van der Waals surface area (Å²) in [6.45, 7) is 7.22. The number of carbonyl (C=O) groups excluding carboxylic acids is 1. The van der Waals surface area contributed by atoms with Crippen molar-refractivity contribution in [2.75, 3.05) is 33.5 Å². The first kappa shape index (κ1) is 19.9. The molecule has 5 nitrogen and oxygen atoms in total. The van der Waals surface area contributed by atoms with Crippen molar-refractivity contribution in [1.82, 2.24) is 0 Å². The van der Waals surface area contributed by atoms with E-state index in [1.54, 1.807) is 0 Å². The molecule has 0 saturated heterocycles. The Morgan fingerprint density at radius 1 is 1.13 bits per heavy atom. The van der Waals surface area contributed by atoms with Crippen LogP contribution in [0.15, 0.2) is 0 Å². The minimum Gasteiger partial charge on any atom is -0.469 e. The number of hydrogen-bond acceptors (Lipinski definition) is 5. The van der Waals surface area contributed by atoms with Crippen LogP contribution in [0.2, 0.25) is 0 Å². The Morgan fingerprint density at radius 3 is 1.47 bits per heavy atom. The molecule has 0 heterocycles. The van der Waals surface area contributed by atoms with Gasteiger partial charge in [0, 0.05) is 33.4 Å². The van der Waals surface area contributed by atoms with Crippen LogP contribution in [-0.2, 0) is 14.3 Å². The van der Waals surface area contributed by atoms with Crippen molar-refractivity contribution in [3.63, 3.8) is 0 Å². The zero-order valence-corrected chi connectivity index (χ0v) is 10.2. The molecule has 0 aromatic carbocycles. The SMILES string of the molecule is CCOCC.COC(C)=O.OCCCO. The van der Waals surface area contributed by atoms with E-state index in [4.69, 9.17) is 14.9 Å². The van der Waals surface area contributed by atoms with Gasteiger partial charge in [0.15, 0.2) is 0 Å². The molecule has 94 valence electrons. The second-order valence-corrected chi connectivity index (χ2v) is 2.28. The molecule has 0 aliphatic carbocycles. The zero-order chi connectivity index (χ0) is 12.5. The first-order valence-electron chi connectivity index (χ1n) is 4.94. The fourth-order valence-electron chi connectivity index (χ4n) is 0.275. The lowest BCUT2D eigenvalue weighted by Gasteiger charge is -1.86. The van der Waals surface area contributed by atoms with Crippen molar-refractivity contribution in [2.45, 2.75) is 27.2 Å². The molecule has 0 radical (unpaired) electrons. The molecule has 0 spiro atoms. The Balaban J connectivity index is -0.000000144. The van der Waals surface area contributed by atoms with Gasteiger partial charge in [0.25, 0.3) is 0 Å². The average molecular weight is 224 g/mol. The Bertz CT molecular complexity index is 96.0. The number of aliphatic hydroxyl groups excluding tert-OH is 2. The number of methoxy groups -OCH3 is 1. The van der Waals surface area contributed by atoms with Gasteiger partial charge in [-0.05, 0) is 20.3 Å². The molecule has 0 fully saturated rings. The monoisotopic (exact) mass is 224 g/mol. The average Bonchev–Trinajstić information content (AvgIpc) is 2.22. The lowest BCUT2D eigenvalue weighted by molar-refractivity contribution is -0.137. The van der Waals surface area contributed by atoms with Gasteiger partial charge in [0.05, 0.1) is 7.11 Å². The van der Waals surface area contributed by atoms with Gasteiger partial charge < -0.3 is 19.7 Å². The van der Waals surface area contributed by atoms with Gasteiger partial charge >= 0.3 is 5.97 Å². The van der Waals surface area contributed by atoms with Gasteiger partial charge in [-0.3, -0.25) is 4.79 Å². The van der Waals surface area contributed by atoms with E-state index in [1.807, 2.05) is 13.8 Å². The van der Waals surface area contributed by atoms with Crippen LogP contribution in [0, 0.1) is 0 Å². The standard InChI is InChI=1S/C4H10O.C3H6O2.C3H8O2/c1-3-5-4-2;1-3(4)5-2;4-2-1-3-5/h3-4H2,1-2H3;1-2H3;4-5H,1-3H2. The maximum Gasteiger partial charge on any atom is 0.302 e. The second-order valence-electron chi connectivity index (χ2n) is 2.28. The highest BCUT2D eigenvalue weighted by Gasteiger charge is 1.75. The summed E-state index contributed by atoms with van der Waals surface area (Å²) >= 11 is 0. The number of esters is 1. The van der Waals surface area contributed by atoms with Gasteiger partial charge in [-0.1, -0.05) is 0 Å². The highest BCUT2D eigenvalue weighted by atomic mass is 16.5. The van der Waals surface area contributed by atoms with E-state index >= 15 is 0 Å². The summed E-state index contributed by atoms with van der Waals surface area (Å²) in [5, 5.41) is 15.8. The molecule has 0 saturated carbocycles. The predicted molar refractivity (Wildman–Crippen MR) is 58.6 cm³/mol. The van der Waals surface area contributed by atoms with Gasteiger partial charge in [-0.2, -0.15) is 0 Å². The van der Waals surface area contributed by atoms with Crippen LogP contribution >= 0.6 is 0 Å². The molecule has 0 aliphatic rings. The highest BCUT2D eigenvalue weighted by molar-refractivity contribution is 5.65. The molecule has 0 aromatic rings. The van der Waals surface area contributed by atoms with Crippen LogP contribution in [0.25, 0.3) is 0 Å². The minimum atomic E-state index is -0.245. The third kappa shape index (κ3) is 60.1. The molecule has 0 aromatic heterocycles. The summed E-state index contributed by atoms with van der Waals surface area (Å²) in [7, 11) is 1.35. The minimum absolute atomic E-state index is 0.0938. The van der Waals surface area contributed by atoms with Crippen molar-refractivity contribution < 1.29 is 24.5 Å². The second kappa shape index (κ2) is 23.3. The predicted octanol–water partition coefficient (Wildman–Crippen LogP) is 0.583. The lowest BCUT2D eigenvalue weighted by Crippen LogP contribution is -1.88. The van der Waals surface area contributed by atoms with E-state index in [9.17, 15) is 4.79 Å². The van der Waals surface area contributed by atoms with E-state index in [2.05, 4.69) is 4.74 Å². The number of rotatable bonds is 4. The maximum absolute atomic E-state index is 9.59. The quantitative estimate of drug-likeness (QED) is 0.683. The normalized spacial score (nSPS) is 7.87. The van der Waals surface area contributed by atoms with Crippen molar-refractivity contribution in [3.8, 4) is 0 Å². The number of hydrogen-bond donors (Lipinski definition) is 2. The van der Waals surface area contributed by atoms with E-state index in [-0.39, 0.29) is 19.2 Å². The fraction of sp³-hybridized carbons (Fsp3) is 0.900. The Hall–Kier alpha value is -0.650. The molecule has 0 atom stereocenters. The fourth-order valence-corrected chi connectivity index (χ4v) is 0.275. The summed E-state index contributed by atoms with van der Waals surface area (Å²) in [5.41, 5.74) is 0. The number of carbonyl (C=O) groups is 1. The third-order valence-electron chi connectivity index (χ3n) is 1.01. The molecule has 0 unspecified atom stereocenters. The van der Waals surface area contributed by atoms with Crippen molar-refractivity contribution in [1.29, 1.82) is 0 Å². The van der Waals surface area contributed by atoms with Gasteiger partial charge in [0.1, 0.15) is 0 Å². The van der Waals surface area contributed by atoms with Crippen LogP contribution in [0.5, 0.6) is 0 Å². The van der Waals surface area contributed by atoms with Crippen LogP contribution in [0.1, 0.15) is 27.2 Å². The molecule has 0 amide bonds. The highest BCUT2D eigenvalue weighted by Crippen LogP contribution is 1.65. The zero-order valence-electron chi connectivity index (χ0n) is 10.2. The number of aliphatic hydroxyl groups is 2.